The zero-order valence-corrected chi connectivity index (χ0v) is 12.4. The minimum Gasteiger partial charge on any atom is -0.381 e. The Hall–Kier alpha value is -1.05. The smallest absolute Gasteiger partial charge is 0.234 e. The molecule has 0 spiro atoms. The predicted molar refractivity (Wildman–Crippen MR) is 76.3 cm³/mol. The lowest BCUT2D eigenvalue weighted by Gasteiger charge is -2.31. The summed E-state index contributed by atoms with van der Waals surface area (Å²) in [5, 5.41) is 18.1. The van der Waals surface area contributed by atoms with Crippen molar-refractivity contribution in [3.63, 3.8) is 0 Å². The first-order valence-electron chi connectivity index (χ1n) is 7.27. The fourth-order valence-corrected chi connectivity index (χ4v) is 4.13. The van der Waals surface area contributed by atoms with E-state index in [9.17, 15) is 0 Å². The third kappa shape index (κ3) is 1.96. The van der Waals surface area contributed by atoms with Crippen LogP contribution in [0.5, 0.6) is 0 Å². The van der Waals surface area contributed by atoms with Crippen LogP contribution in [0.4, 0.5) is 0 Å². The molecule has 20 heavy (non-hydrogen) atoms. The van der Waals surface area contributed by atoms with Crippen molar-refractivity contribution in [2.75, 3.05) is 26.3 Å². The second kappa shape index (κ2) is 4.75. The van der Waals surface area contributed by atoms with Crippen molar-refractivity contribution < 1.29 is 4.74 Å². The quantitative estimate of drug-likeness (QED) is 0.905. The van der Waals surface area contributed by atoms with E-state index in [1.54, 1.807) is 11.3 Å². The van der Waals surface area contributed by atoms with Crippen molar-refractivity contribution in [3.05, 3.63) is 10.8 Å². The summed E-state index contributed by atoms with van der Waals surface area (Å²) in [4.78, 5) is 0.911. The van der Waals surface area contributed by atoms with Crippen molar-refractivity contribution >= 4 is 16.3 Å². The van der Waals surface area contributed by atoms with Gasteiger partial charge in [0, 0.05) is 24.5 Å². The van der Waals surface area contributed by atoms with Gasteiger partial charge in [-0.2, -0.15) is 9.61 Å². The number of rotatable bonds is 2. The van der Waals surface area contributed by atoms with Crippen LogP contribution in [0.2, 0.25) is 0 Å². The Balaban J connectivity index is 1.71. The highest BCUT2D eigenvalue weighted by atomic mass is 32.1. The largest absolute Gasteiger partial charge is 0.381 e. The zero-order chi connectivity index (χ0) is 13.6. The highest BCUT2D eigenvalue weighted by Crippen LogP contribution is 2.34. The van der Waals surface area contributed by atoms with E-state index in [4.69, 9.17) is 9.84 Å². The lowest BCUT2D eigenvalue weighted by atomic mass is 9.83. The van der Waals surface area contributed by atoms with E-state index < -0.39 is 0 Å². The lowest BCUT2D eigenvalue weighted by molar-refractivity contribution is 0.193. The number of piperidine rings is 1. The van der Waals surface area contributed by atoms with Crippen molar-refractivity contribution in [1.82, 2.24) is 25.1 Å². The topological polar surface area (TPSA) is 64.3 Å². The van der Waals surface area contributed by atoms with E-state index in [-0.39, 0.29) is 5.41 Å². The van der Waals surface area contributed by atoms with E-state index in [0.29, 0.717) is 5.92 Å². The molecule has 0 radical (unpaired) electrons. The summed E-state index contributed by atoms with van der Waals surface area (Å²) in [6.45, 7) is 5.97. The Morgan fingerprint density at radius 2 is 2.40 bits per heavy atom. The molecule has 4 heterocycles. The summed E-state index contributed by atoms with van der Waals surface area (Å²) in [7, 11) is 0. The Bertz CT molecular complexity index is 609. The van der Waals surface area contributed by atoms with Gasteiger partial charge in [-0.1, -0.05) is 18.3 Å². The van der Waals surface area contributed by atoms with E-state index in [1.165, 1.54) is 17.8 Å². The van der Waals surface area contributed by atoms with Gasteiger partial charge in [0.2, 0.25) is 4.96 Å². The summed E-state index contributed by atoms with van der Waals surface area (Å²) in [5.74, 6) is 1.31. The summed E-state index contributed by atoms with van der Waals surface area (Å²) >= 11 is 1.68. The van der Waals surface area contributed by atoms with Crippen LogP contribution in [0, 0.1) is 0 Å². The molecule has 0 aliphatic carbocycles. The summed E-state index contributed by atoms with van der Waals surface area (Å²) < 4.78 is 7.40. The number of aromatic nitrogens is 4. The lowest BCUT2D eigenvalue weighted by Crippen LogP contribution is -2.41. The number of nitrogens with one attached hydrogen (secondary N) is 1. The number of hydrogen-bond acceptors (Lipinski definition) is 6. The Morgan fingerprint density at radius 1 is 1.45 bits per heavy atom. The molecule has 2 fully saturated rings. The number of nitrogens with zero attached hydrogens (tertiary/aromatic N) is 4. The average Bonchev–Trinajstić information content (AvgIpc) is 3.15. The van der Waals surface area contributed by atoms with Crippen LogP contribution < -0.4 is 5.32 Å². The van der Waals surface area contributed by atoms with Crippen molar-refractivity contribution in [1.29, 1.82) is 0 Å². The third-order valence-electron chi connectivity index (χ3n) is 4.42. The van der Waals surface area contributed by atoms with Gasteiger partial charge in [-0.25, -0.2) is 0 Å². The molecular formula is C13H19N5OS. The molecule has 1 N–H and O–H groups in total. The molecule has 2 aromatic heterocycles. The fraction of sp³-hybridized carbons (Fsp3) is 0.769. The molecule has 2 aliphatic rings. The molecule has 2 saturated heterocycles. The molecule has 6 nitrogen and oxygen atoms in total. The van der Waals surface area contributed by atoms with Crippen LogP contribution in [-0.4, -0.2) is 46.1 Å². The third-order valence-corrected chi connectivity index (χ3v) is 5.63. The van der Waals surface area contributed by atoms with Crippen LogP contribution in [0.15, 0.2) is 0 Å². The summed E-state index contributed by atoms with van der Waals surface area (Å²) in [5.41, 5.74) is 0.132. The fourth-order valence-electron chi connectivity index (χ4n) is 3.11. The molecule has 0 aromatic carbocycles. The first kappa shape index (κ1) is 12.7. The van der Waals surface area contributed by atoms with E-state index in [0.717, 1.165) is 43.5 Å². The molecule has 4 rings (SSSR count). The molecule has 2 aromatic rings. The number of ether oxygens (including phenoxy) is 1. The van der Waals surface area contributed by atoms with Crippen LogP contribution in [0.1, 0.15) is 42.9 Å². The molecular weight excluding hydrogens is 274 g/mol. The van der Waals surface area contributed by atoms with Gasteiger partial charge in [-0.05, 0) is 25.8 Å². The maximum atomic E-state index is 5.46. The summed E-state index contributed by atoms with van der Waals surface area (Å²) in [6.07, 6.45) is 3.42. The van der Waals surface area contributed by atoms with Gasteiger partial charge in [-0.15, -0.1) is 10.2 Å². The van der Waals surface area contributed by atoms with E-state index in [2.05, 4.69) is 22.4 Å². The highest BCUT2D eigenvalue weighted by molar-refractivity contribution is 7.16. The van der Waals surface area contributed by atoms with Gasteiger partial charge < -0.3 is 10.1 Å². The van der Waals surface area contributed by atoms with Crippen LogP contribution in [0.25, 0.3) is 4.96 Å². The van der Waals surface area contributed by atoms with Crippen molar-refractivity contribution in [2.24, 2.45) is 0 Å². The molecule has 108 valence electrons. The predicted octanol–water partition coefficient (Wildman–Crippen LogP) is 1.33. The normalized spacial score (nSPS) is 31.1. The van der Waals surface area contributed by atoms with E-state index in [1.807, 2.05) is 4.52 Å². The molecule has 0 amide bonds. The monoisotopic (exact) mass is 293 g/mol. The molecule has 2 atom stereocenters. The maximum absolute atomic E-state index is 5.46. The molecule has 0 saturated carbocycles. The minimum atomic E-state index is 0.132. The van der Waals surface area contributed by atoms with Crippen LogP contribution in [-0.2, 0) is 10.2 Å². The average molecular weight is 293 g/mol. The summed E-state index contributed by atoms with van der Waals surface area (Å²) in [6, 6.07) is 0. The molecule has 0 bridgehead atoms. The minimum absolute atomic E-state index is 0.132. The Morgan fingerprint density at radius 3 is 3.15 bits per heavy atom. The maximum Gasteiger partial charge on any atom is 0.234 e. The van der Waals surface area contributed by atoms with Gasteiger partial charge in [-0.3, -0.25) is 0 Å². The Kier molecular flexibility index (Phi) is 3.01. The second-order valence-corrected chi connectivity index (χ2v) is 7.02. The highest BCUT2D eigenvalue weighted by Gasteiger charge is 2.34. The number of fused-ring (bicyclic) bond motifs is 1. The molecule has 7 heteroatoms. The second-order valence-electron chi connectivity index (χ2n) is 6.06. The van der Waals surface area contributed by atoms with Gasteiger partial charge in [0.15, 0.2) is 5.82 Å². The zero-order valence-electron chi connectivity index (χ0n) is 11.6. The number of hydrogen-bond donors (Lipinski definition) is 1. The molecule has 2 unspecified atom stereocenters. The van der Waals surface area contributed by atoms with E-state index >= 15 is 0 Å². The first-order chi connectivity index (χ1) is 9.76. The van der Waals surface area contributed by atoms with Crippen LogP contribution in [0.3, 0.4) is 0 Å². The SMILES string of the molecule is CC1(c2nn3c(C4CCOC4)nnc3s2)CCCNC1. The van der Waals surface area contributed by atoms with Gasteiger partial charge in [0.1, 0.15) is 5.01 Å². The molecule has 2 aliphatic heterocycles. The van der Waals surface area contributed by atoms with Crippen LogP contribution >= 0.6 is 11.3 Å². The van der Waals surface area contributed by atoms with Gasteiger partial charge in [0.05, 0.1) is 6.61 Å². The van der Waals surface area contributed by atoms with Crippen molar-refractivity contribution in [3.8, 4) is 0 Å². The van der Waals surface area contributed by atoms with Gasteiger partial charge >= 0.3 is 0 Å². The first-order valence-corrected chi connectivity index (χ1v) is 8.09. The standard InChI is InChI=1S/C13H19N5OS/c1-13(4-2-5-14-8-13)11-17-18-10(9-3-6-19-7-9)15-16-12(18)20-11/h9,14H,2-8H2,1H3. The van der Waals surface area contributed by atoms with Crippen molar-refractivity contribution in [2.45, 2.75) is 37.5 Å². The Labute approximate surface area is 121 Å². The van der Waals surface area contributed by atoms with Gasteiger partial charge in [0.25, 0.3) is 0 Å².